The SMILES string of the molecule is CCCCN(CCO)c1ccc(CO)c(Cl)c1. The Morgan fingerprint density at radius 1 is 1.24 bits per heavy atom. The summed E-state index contributed by atoms with van der Waals surface area (Å²) in [6, 6.07) is 5.61. The molecule has 0 saturated heterocycles. The number of nitrogens with zero attached hydrogens (tertiary/aromatic N) is 1. The summed E-state index contributed by atoms with van der Waals surface area (Å²) in [5.41, 5.74) is 1.73. The summed E-state index contributed by atoms with van der Waals surface area (Å²) in [6.07, 6.45) is 2.20. The van der Waals surface area contributed by atoms with Crippen LogP contribution < -0.4 is 4.90 Å². The maximum atomic E-state index is 9.05. The topological polar surface area (TPSA) is 43.7 Å². The van der Waals surface area contributed by atoms with E-state index in [1.54, 1.807) is 0 Å². The van der Waals surface area contributed by atoms with E-state index in [2.05, 4.69) is 11.8 Å². The predicted molar refractivity (Wildman–Crippen MR) is 71.6 cm³/mol. The number of benzene rings is 1. The number of unbranched alkanes of at least 4 members (excludes halogenated alkanes) is 1. The van der Waals surface area contributed by atoms with Gasteiger partial charge in [-0.05, 0) is 24.1 Å². The third-order valence-electron chi connectivity index (χ3n) is 2.72. The lowest BCUT2D eigenvalue weighted by molar-refractivity contribution is 0.282. The minimum absolute atomic E-state index is 0.0475. The summed E-state index contributed by atoms with van der Waals surface area (Å²) < 4.78 is 0. The molecule has 0 radical (unpaired) electrons. The first-order valence-electron chi connectivity index (χ1n) is 5.98. The van der Waals surface area contributed by atoms with E-state index in [1.165, 1.54) is 0 Å². The Kier molecular flexibility index (Phi) is 6.34. The minimum atomic E-state index is -0.0475. The number of hydrogen-bond donors (Lipinski definition) is 2. The van der Waals surface area contributed by atoms with E-state index in [0.717, 1.165) is 30.6 Å². The molecule has 17 heavy (non-hydrogen) atoms. The lowest BCUT2D eigenvalue weighted by Gasteiger charge is -2.24. The smallest absolute Gasteiger partial charge is 0.0696 e. The quantitative estimate of drug-likeness (QED) is 0.789. The average molecular weight is 258 g/mol. The summed E-state index contributed by atoms with van der Waals surface area (Å²) in [5, 5.41) is 18.7. The number of aliphatic hydroxyl groups excluding tert-OH is 2. The molecule has 0 aromatic heterocycles. The molecule has 0 amide bonds. The molecule has 0 unspecified atom stereocenters. The molecule has 2 N–H and O–H groups in total. The van der Waals surface area contributed by atoms with Crippen molar-refractivity contribution in [2.45, 2.75) is 26.4 Å². The Hall–Kier alpha value is -0.770. The molecule has 1 aromatic rings. The van der Waals surface area contributed by atoms with Gasteiger partial charge in [-0.1, -0.05) is 31.0 Å². The van der Waals surface area contributed by atoms with Gasteiger partial charge >= 0.3 is 0 Å². The molecule has 0 bridgehead atoms. The maximum Gasteiger partial charge on any atom is 0.0696 e. The molecule has 1 rings (SSSR count). The molecule has 0 fully saturated rings. The summed E-state index contributed by atoms with van der Waals surface area (Å²) >= 11 is 6.06. The zero-order valence-corrected chi connectivity index (χ0v) is 11.0. The van der Waals surface area contributed by atoms with Crippen molar-refractivity contribution in [3.63, 3.8) is 0 Å². The zero-order chi connectivity index (χ0) is 12.7. The van der Waals surface area contributed by atoms with Gasteiger partial charge in [0.2, 0.25) is 0 Å². The molecule has 96 valence electrons. The van der Waals surface area contributed by atoms with Crippen LogP contribution in [0.5, 0.6) is 0 Å². The van der Waals surface area contributed by atoms with Crippen molar-refractivity contribution in [1.82, 2.24) is 0 Å². The predicted octanol–water partition coefficient (Wildman–Crippen LogP) is 2.43. The normalized spacial score (nSPS) is 10.6. The van der Waals surface area contributed by atoms with Crippen molar-refractivity contribution >= 4 is 17.3 Å². The van der Waals surface area contributed by atoms with Crippen LogP contribution in [0.1, 0.15) is 25.3 Å². The Morgan fingerprint density at radius 2 is 2.00 bits per heavy atom. The van der Waals surface area contributed by atoms with E-state index < -0.39 is 0 Å². The second-order valence-corrected chi connectivity index (χ2v) is 4.41. The first-order chi connectivity index (χ1) is 8.22. The number of halogens is 1. The summed E-state index contributed by atoms with van der Waals surface area (Å²) in [6.45, 7) is 3.73. The van der Waals surface area contributed by atoms with Gasteiger partial charge in [0.15, 0.2) is 0 Å². The summed E-state index contributed by atoms with van der Waals surface area (Å²) in [4.78, 5) is 2.11. The molecule has 1 aromatic carbocycles. The molecule has 0 atom stereocenters. The van der Waals surface area contributed by atoms with Crippen LogP contribution in [0, 0.1) is 0 Å². The lowest BCUT2D eigenvalue weighted by atomic mass is 10.2. The molecule has 4 heteroatoms. The van der Waals surface area contributed by atoms with E-state index in [9.17, 15) is 0 Å². The van der Waals surface area contributed by atoms with Crippen molar-refractivity contribution in [3.05, 3.63) is 28.8 Å². The average Bonchev–Trinajstić information content (AvgIpc) is 2.34. The van der Waals surface area contributed by atoms with E-state index >= 15 is 0 Å². The number of aliphatic hydroxyl groups is 2. The molecule has 0 aliphatic rings. The van der Waals surface area contributed by atoms with Crippen molar-refractivity contribution in [2.75, 3.05) is 24.6 Å². The standard InChI is InChI=1S/C13H20ClNO2/c1-2-3-6-15(7-8-16)12-5-4-11(10-17)13(14)9-12/h4-5,9,16-17H,2-3,6-8,10H2,1H3. The molecular formula is C13H20ClNO2. The minimum Gasteiger partial charge on any atom is -0.395 e. The van der Waals surface area contributed by atoms with Gasteiger partial charge in [-0.3, -0.25) is 0 Å². The van der Waals surface area contributed by atoms with Gasteiger partial charge in [-0.25, -0.2) is 0 Å². The summed E-state index contributed by atoms with van der Waals surface area (Å²) in [5.74, 6) is 0. The Labute approximate surface area is 108 Å². The van der Waals surface area contributed by atoms with Gasteiger partial charge in [-0.2, -0.15) is 0 Å². The van der Waals surface area contributed by atoms with Crippen LogP contribution in [0.4, 0.5) is 5.69 Å². The third-order valence-corrected chi connectivity index (χ3v) is 3.08. The highest BCUT2D eigenvalue weighted by Gasteiger charge is 2.07. The molecule has 0 heterocycles. The molecule has 0 aliphatic heterocycles. The fourth-order valence-electron chi connectivity index (χ4n) is 1.70. The number of rotatable bonds is 7. The second-order valence-electron chi connectivity index (χ2n) is 4.00. The lowest BCUT2D eigenvalue weighted by Crippen LogP contribution is -2.27. The van der Waals surface area contributed by atoms with Gasteiger partial charge in [-0.15, -0.1) is 0 Å². The van der Waals surface area contributed by atoms with Crippen molar-refractivity contribution in [2.24, 2.45) is 0 Å². The fourth-order valence-corrected chi connectivity index (χ4v) is 1.94. The number of anilines is 1. The van der Waals surface area contributed by atoms with Crippen LogP contribution in [-0.2, 0) is 6.61 Å². The van der Waals surface area contributed by atoms with Crippen molar-refractivity contribution < 1.29 is 10.2 Å². The van der Waals surface area contributed by atoms with Gasteiger partial charge in [0, 0.05) is 23.8 Å². The zero-order valence-electron chi connectivity index (χ0n) is 10.2. The van der Waals surface area contributed by atoms with E-state index in [1.807, 2.05) is 18.2 Å². The van der Waals surface area contributed by atoms with Gasteiger partial charge in [0.25, 0.3) is 0 Å². The maximum absolute atomic E-state index is 9.05. The highest BCUT2D eigenvalue weighted by molar-refractivity contribution is 6.31. The largest absolute Gasteiger partial charge is 0.395 e. The highest BCUT2D eigenvalue weighted by atomic mass is 35.5. The molecule has 0 saturated carbocycles. The van der Waals surface area contributed by atoms with Crippen LogP contribution in [0.2, 0.25) is 5.02 Å². The summed E-state index contributed by atoms with van der Waals surface area (Å²) in [7, 11) is 0. The van der Waals surface area contributed by atoms with Crippen molar-refractivity contribution in [1.29, 1.82) is 0 Å². The van der Waals surface area contributed by atoms with Crippen LogP contribution in [-0.4, -0.2) is 29.9 Å². The molecular weight excluding hydrogens is 238 g/mol. The molecule has 0 aliphatic carbocycles. The van der Waals surface area contributed by atoms with E-state index in [4.69, 9.17) is 21.8 Å². The van der Waals surface area contributed by atoms with Crippen LogP contribution in [0.3, 0.4) is 0 Å². The molecule has 0 spiro atoms. The van der Waals surface area contributed by atoms with Gasteiger partial charge < -0.3 is 15.1 Å². The van der Waals surface area contributed by atoms with Crippen molar-refractivity contribution in [3.8, 4) is 0 Å². The Morgan fingerprint density at radius 3 is 2.53 bits per heavy atom. The van der Waals surface area contributed by atoms with Gasteiger partial charge in [0.05, 0.1) is 13.2 Å². The Bertz CT molecular complexity index is 344. The first kappa shape index (κ1) is 14.3. The number of hydrogen-bond acceptors (Lipinski definition) is 3. The van der Waals surface area contributed by atoms with Gasteiger partial charge in [0.1, 0.15) is 0 Å². The monoisotopic (exact) mass is 257 g/mol. The van der Waals surface area contributed by atoms with Crippen LogP contribution >= 0.6 is 11.6 Å². The first-order valence-corrected chi connectivity index (χ1v) is 6.35. The van der Waals surface area contributed by atoms with E-state index in [-0.39, 0.29) is 13.2 Å². The fraction of sp³-hybridized carbons (Fsp3) is 0.538. The molecule has 3 nitrogen and oxygen atoms in total. The van der Waals surface area contributed by atoms with Crippen LogP contribution in [0.15, 0.2) is 18.2 Å². The van der Waals surface area contributed by atoms with E-state index in [0.29, 0.717) is 11.6 Å². The highest BCUT2D eigenvalue weighted by Crippen LogP contribution is 2.24. The van der Waals surface area contributed by atoms with Crippen LogP contribution in [0.25, 0.3) is 0 Å². The third kappa shape index (κ3) is 4.19. The second kappa shape index (κ2) is 7.54. The Balaban J connectivity index is 2.82.